The molecule has 0 amide bonds. The predicted molar refractivity (Wildman–Crippen MR) is 29.6 cm³/mol. The van der Waals surface area contributed by atoms with E-state index in [-0.39, 0.29) is 12.6 Å². The van der Waals surface area contributed by atoms with Crippen LogP contribution >= 0.6 is 0 Å². The Hall–Kier alpha value is -0.520. The smallest absolute Gasteiger partial charge is 0.0622 e. The Kier molecular flexibility index (Phi) is 0.886. The van der Waals surface area contributed by atoms with Gasteiger partial charge in [-0.2, -0.15) is 0 Å². The van der Waals surface area contributed by atoms with Gasteiger partial charge < -0.3 is 0 Å². The van der Waals surface area contributed by atoms with E-state index in [4.69, 9.17) is 4.11 Å². The molecule has 0 fully saturated rings. The Labute approximate surface area is 43.4 Å². The molecule has 0 heterocycles. The molecular weight excluding hydrogens is 72.1 g/mol. The summed E-state index contributed by atoms with van der Waals surface area (Å²) >= 11 is 0. The molecule has 0 rings (SSSR count). The maximum Gasteiger partial charge on any atom is 0.0622 e. The summed E-state index contributed by atoms with van der Waals surface area (Å²) in [6.45, 7) is 3.03. The van der Waals surface area contributed by atoms with Crippen molar-refractivity contribution < 1.29 is 4.11 Å². The molecular formula is C6H10. The summed E-state index contributed by atoms with van der Waals surface area (Å²) in [7, 11) is 0. The van der Waals surface area contributed by atoms with E-state index in [0.29, 0.717) is 5.57 Å². The van der Waals surface area contributed by atoms with Gasteiger partial charge in [0, 0.05) is 0 Å². The van der Waals surface area contributed by atoms with E-state index in [1.54, 1.807) is 19.9 Å². The third-order valence-corrected chi connectivity index (χ3v) is 0.361. The molecule has 0 unspecified atom stereocenters. The normalized spacial score (nSPS) is 17.7. The van der Waals surface area contributed by atoms with Crippen LogP contribution in [0.4, 0.5) is 0 Å². The highest BCUT2D eigenvalue weighted by molar-refractivity contribution is 5.09. The Bertz CT molecular complexity index is 152. The van der Waals surface area contributed by atoms with E-state index in [2.05, 4.69) is 0 Å². The lowest BCUT2D eigenvalue weighted by Gasteiger charge is -1.75. The molecule has 0 aliphatic rings. The SMILES string of the molecule is [2H]C(=CC)C(C)=C([2H])[2H]. The van der Waals surface area contributed by atoms with E-state index in [0.717, 1.165) is 0 Å². The first kappa shape index (κ1) is 1.97. The maximum absolute atomic E-state index is 7.12. The van der Waals surface area contributed by atoms with Crippen molar-refractivity contribution in [3.8, 4) is 0 Å². The van der Waals surface area contributed by atoms with Crippen LogP contribution in [0, 0.1) is 0 Å². The minimum atomic E-state index is -0.280. The third-order valence-electron chi connectivity index (χ3n) is 0.361. The summed E-state index contributed by atoms with van der Waals surface area (Å²) in [6, 6.07) is 0.259. The molecule has 0 N–H and O–H groups in total. The molecule has 0 bridgehead atoms. The lowest BCUT2D eigenvalue weighted by atomic mass is 10.3. The predicted octanol–water partition coefficient (Wildman–Crippen LogP) is 2.14. The van der Waals surface area contributed by atoms with Gasteiger partial charge in [-0.3, -0.25) is 0 Å². The van der Waals surface area contributed by atoms with Gasteiger partial charge in [0.2, 0.25) is 0 Å². The molecule has 0 atom stereocenters. The molecule has 0 aromatic rings. The van der Waals surface area contributed by atoms with Crippen molar-refractivity contribution in [2.24, 2.45) is 0 Å². The first-order chi connectivity index (χ1) is 4.09. The molecule has 34 valence electrons. The summed E-state index contributed by atoms with van der Waals surface area (Å²) < 4.78 is 20.7. The minimum Gasteiger partial charge on any atom is -0.0961 e. The summed E-state index contributed by atoms with van der Waals surface area (Å²) in [6.07, 6.45) is 1.57. The fourth-order valence-corrected chi connectivity index (χ4v) is 0.217. The first-order valence-corrected chi connectivity index (χ1v) is 1.87. The van der Waals surface area contributed by atoms with Crippen LogP contribution in [0.25, 0.3) is 0 Å². The molecule has 0 saturated carbocycles. The highest BCUT2D eigenvalue weighted by atomic mass is 13.7. The van der Waals surface area contributed by atoms with Crippen molar-refractivity contribution in [3.05, 3.63) is 24.2 Å². The topological polar surface area (TPSA) is 0 Å². The second-order valence-corrected chi connectivity index (χ2v) is 1.06. The zero-order valence-corrected chi connectivity index (χ0v) is 4.08. The summed E-state index contributed by atoms with van der Waals surface area (Å²) in [4.78, 5) is 0. The van der Waals surface area contributed by atoms with Crippen molar-refractivity contribution in [2.45, 2.75) is 13.8 Å². The van der Waals surface area contributed by atoms with E-state index >= 15 is 0 Å². The largest absolute Gasteiger partial charge is 0.0961 e. The fraction of sp³-hybridized carbons (Fsp3) is 0.333. The van der Waals surface area contributed by atoms with Crippen LogP contribution in [-0.2, 0) is 0 Å². The van der Waals surface area contributed by atoms with Crippen molar-refractivity contribution in [2.75, 3.05) is 0 Å². The average molecular weight is 85.2 g/mol. The molecule has 0 spiro atoms. The van der Waals surface area contributed by atoms with Crippen molar-refractivity contribution in [1.82, 2.24) is 0 Å². The quantitative estimate of drug-likeness (QED) is 0.428. The van der Waals surface area contributed by atoms with Gasteiger partial charge in [0.1, 0.15) is 0 Å². The number of allylic oxidation sites excluding steroid dienone is 3. The lowest BCUT2D eigenvalue weighted by molar-refractivity contribution is 1.54. The Morgan fingerprint density at radius 1 is 2.17 bits per heavy atom. The molecule has 0 aliphatic heterocycles. The van der Waals surface area contributed by atoms with Gasteiger partial charge in [-0.25, -0.2) is 0 Å². The van der Waals surface area contributed by atoms with Crippen LogP contribution < -0.4 is 0 Å². The number of hydrogen-bond acceptors (Lipinski definition) is 0. The van der Waals surface area contributed by atoms with Gasteiger partial charge in [0.05, 0.1) is 4.11 Å². The minimum absolute atomic E-state index is 0.259. The van der Waals surface area contributed by atoms with Gasteiger partial charge in [0.25, 0.3) is 0 Å². The number of rotatable bonds is 1. The van der Waals surface area contributed by atoms with Crippen LogP contribution in [0.3, 0.4) is 0 Å². The first-order valence-electron chi connectivity index (χ1n) is 3.37. The maximum atomic E-state index is 7.12. The zero-order chi connectivity index (χ0) is 7.44. The van der Waals surface area contributed by atoms with Gasteiger partial charge in [-0.15, -0.1) is 0 Å². The standard InChI is InChI=1S/C6H10/c1-4-5-6(2)3/h4-5H,2H2,1,3H3/i2D2,5D. The monoisotopic (exact) mass is 85.1 g/mol. The second kappa shape index (κ2) is 2.70. The third kappa shape index (κ3) is 3.48. The molecule has 0 aromatic carbocycles. The van der Waals surface area contributed by atoms with Crippen LogP contribution in [0.5, 0.6) is 0 Å². The Morgan fingerprint density at radius 2 is 2.83 bits per heavy atom. The molecule has 0 aromatic heterocycles. The second-order valence-electron chi connectivity index (χ2n) is 1.06. The average Bonchev–Trinajstić information content (AvgIpc) is 1.84. The Morgan fingerprint density at radius 3 is 3.00 bits per heavy atom. The van der Waals surface area contributed by atoms with E-state index in [1.165, 1.54) is 0 Å². The zero-order valence-electron chi connectivity index (χ0n) is 7.08. The molecule has 0 nitrogen and oxygen atoms in total. The molecule has 0 heteroatoms. The highest BCUT2D eigenvalue weighted by Gasteiger charge is 1.63. The van der Waals surface area contributed by atoms with Crippen LogP contribution in [0.1, 0.15) is 18.0 Å². The molecule has 0 aliphatic carbocycles. The van der Waals surface area contributed by atoms with Crippen molar-refractivity contribution >= 4 is 0 Å². The van der Waals surface area contributed by atoms with Crippen LogP contribution in [-0.4, -0.2) is 0 Å². The van der Waals surface area contributed by atoms with Gasteiger partial charge in [-0.1, -0.05) is 24.2 Å². The van der Waals surface area contributed by atoms with Crippen LogP contribution in [0.2, 0.25) is 0 Å². The summed E-state index contributed by atoms with van der Waals surface area (Å²) in [5.41, 5.74) is 0.414. The molecule has 6 heavy (non-hydrogen) atoms. The molecule has 0 saturated heterocycles. The summed E-state index contributed by atoms with van der Waals surface area (Å²) in [5, 5.41) is 0. The van der Waals surface area contributed by atoms with Crippen LogP contribution in [0.15, 0.2) is 24.2 Å². The number of hydrogen-bond donors (Lipinski definition) is 0. The van der Waals surface area contributed by atoms with Gasteiger partial charge in [-0.05, 0) is 13.8 Å². The van der Waals surface area contributed by atoms with Crippen molar-refractivity contribution in [3.63, 3.8) is 0 Å². The van der Waals surface area contributed by atoms with E-state index in [1.807, 2.05) is 0 Å². The van der Waals surface area contributed by atoms with Gasteiger partial charge >= 0.3 is 0 Å². The lowest BCUT2D eigenvalue weighted by Crippen LogP contribution is -1.54. The van der Waals surface area contributed by atoms with E-state index in [9.17, 15) is 0 Å². The molecule has 0 radical (unpaired) electrons. The van der Waals surface area contributed by atoms with Gasteiger partial charge in [0.15, 0.2) is 0 Å². The Balaban J connectivity index is 4.40. The summed E-state index contributed by atoms with van der Waals surface area (Å²) in [5.74, 6) is 0. The van der Waals surface area contributed by atoms with E-state index < -0.39 is 0 Å². The fourth-order valence-electron chi connectivity index (χ4n) is 0.217. The van der Waals surface area contributed by atoms with Crippen molar-refractivity contribution in [1.29, 1.82) is 0 Å². The highest BCUT2D eigenvalue weighted by Crippen LogP contribution is 1.85.